The van der Waals surface area contributed by atoms with Crippen LogP contribution >= 0.6 is 0 Å². The lowest BCUT2D eigenvalue weighted by Gasteiger charge is -2.09. The summed E-state index contributed by atoms with van der Waals surface area (Å²) in [5.41, 5.74) is 1.37. The molecule has 0 aliphatic heterocycles. The van der Waals surface area contributed by atoms with Crippen molar-refractivity contribution in [1.29, 1.82) is 0 Å². The third kappa shape index (κ3) is 4.21. The van der Waals surface area contributed by atoms with Crippen molar-refractivity contribution in [3.63, 3.8) is 0 Å². The van der Waals surface area contributed by atoms with Gasteiger partial charge in [-0.15, -0.1) is 0 Å². The van der Waals surface area contributed by atoms with Crippen LogP contribution in [0.15, 0.2) is 42.5 Å². The Labute approximate surface area is 120 Å². The second kappa shape index (κ2) is 6.16. The Bertz CT molecular complexity index is 603. The van der Waals surface area contributed by atoms with Gasteiger partial charge in [0.05, 0.1) is 5.56 Å². The summed E-state index contributed by atoms with van der Waals surface area (Å²) in [7, 11) is 0. The second-order valence-electron chi connectivity index (χ2n) is 4.84. The van der Waals surface area contributed by atoms with Crippen LogP contribution in [0.3, 0.4) is 0 Å². The summed E-state index contributed by atoms with van der Waals surface area (Å²) in [5.74, 6) is -0.283. The molecule has 0 fully saturated rings. The van der Waals surface area contributed by atoms with Crippen molar-refractivity contribution < 1.29 is 17.6 Å². The van der Waals surface area contributed by atoms with E-state index >= 15 is 0 Å². The van der Waals surface area contributed by atoms with E-state index in [9.17, 15) is 17.6 Å². The molecule has 0 aromatic heterocycles. The van der Waals surface area contributed by atoms with Crippen LogP contribution in [0.2, 0.25) is 0 Å². The Balaban J connectivity index is 1.90. The molecule has 0 bridgehead atoms. The number of halogens is 4. The number of aryl methyl sites for hydroxylation is 1. The van der Waals surface area contributed by atoms with Crippen LogP contribution in [0.4, 0.5) is 23.2 Å². The minimum absolute atomic E-state index is 0.283. The first-order valence-electron chi connectivity index (χ1n) is 6.52. The monoisotopic (exact) mass is 297 g/mol. The quantitative estimate of drug-likeness (QED) is 0.799. The Morgan fingerprint density at radius 3 is 2.24 bits per heavy atom. The third-order valence-corrected chi connectivity index (χ3v) is 3.20. The number of hydrogen-bond donors (Lipinski definition) is 1. The van der Waals surface area contributed by atoms with E-state index in [0.29, 0.717) is 24.2 Å². The number of alkyl halides is 3. The highest BCUT2D eigenvalue weighted by atomic mass is 19.4. The first kappa shape index (κ1) is 15.4. The minimum atomic E-state index is -4.31. The fourth-order valence-corrected chi connectivity index (χ4v) is 1.91. The van der Waals surface area contributed by atoms with E-state index in [1.807, 2.05) is 0 Å². The van der Waals surface area contributed by atoms with E-state index in [1.54, 1.807) is 19.1 Å². The van der Waals surface area contributed by atoms with Crippen molar-refractivity contribution in [3.05, 3.63) is 65.0 Å². The molecular formula is C16H15F4N. The van der Waals surface area contributed by atoms with Crippen molar-refractivity contribution >= 4 is 5.69 Å². The zero-order chi connectivity index (χ0) is 15.5. The van der Waals surface area contributed by atoms with Crippen molar-refractivity contribution in [1.82, 2.24) is 0 Å². The molecule has 5 heteroatoms. The van der Waals surface area contributed by atoms with Gasteiger partial charge in [0.1, 0.15) is 5.82 Å². The van der Waals surface area contributed by atoms with Crippen molar-refractivity contribution in [3.8, 4) is 0 Å². The van der Waals surface area contributed by atoms with Crippen LogP contribution in [0.1, 0.15) is 16.7 Å². The van der Waals surface area contributed by atoms with E-state index in [0.717, 1.165) is 17.7 Å². The Morgan fingerprint density at radius 2 is 1.67 bits per heavy atom. The van der Waals surface area contributed by atoms with Crippen molar-refractivity contribution in [2.45, 2.75) is 19.5 Å². The van der Waals surface area contributed by atoms with Crippen LogP contribution in [-0.4, -0.2) is 6.54 Å². The molecule has 0 saturated carbocycles. The van der Waals surface area contributed by atoms with Crippen LogP contribution in [0, 0.1) is 12.7 Å². The highest BCUT2D eigenvalue weighted by Crippen LogP contribution is 2.29. The molecule has 0 amide bonds. The average Bonchev–Trinajstić information content (AvgIpc) is 2.42. The number of anilines is 1. The number of benzene rings is 2. The summed E-state index contributed by atoms with van der Waals surface area (Å²) in [4.78, 5) is 0. The smallest absolute Gasteiger partial charge is 0.385 e. The molecule has 0 aliphatic carbocycles. The van der Waals surface area contributed by atoms with Crippen molar-refractivity contribution in [2.75, 3.05) is 11.9 Å². The van der Waals surface area contributed by atoms with Crippen molar-refractivity contribution in [2.24, 2.45) is 0 Å². The second-order valence-corrected chi connectivity index (χ2v) is 4.84. The number of nitrogens with one attached hydrogen (secondary N) is 1. The summed E-state index contributed by atoms with van der Waals surface area (Å²) in [6.07, 6.45) is -3.75. The highest BCUT2D eigenvalue weighted by molar-refractivity contribution is 5.45. The highest BCUT2D eigenvalue weighted by Gasteiger charge is 2.29. The molecule has 1 nitrogen and oxygen atoms in total. The molecule has 2 aromatic rings. The molecule has 2 rings (SSSR count). The minimum Gasteiger partial charge on any atom is -0.385 e. The molecular weight excluding hydrogens is 282 g/mol. The molecule has 2 aromatic carbocycles. The van der Waals surface area contributed by atoms with Gasteiger partial charge in [0.15, 0.2) is 0 Å². The maximum atomic E-state index is 13.3. The van der Waals surface area contributed by atoms with Gasteiger partial charge in [-0.05, 0) is 48.7 Å². The van der Waals surface area contributed by atoms with E-state index in [2.05, 4.69) is 5.32 Å². The molecule has 0 spiro atoms. The van der Waals surface area contributed by atoms with E-state index in [-0.39, 0.29) is 5.82 Å². The molecule has 0 unspecified atom stereocenters. The molecule has 21 heavy (non-hydrogen) atoms. The van der Waals surface area contributed by atoms with E-state index in [1.165, 1.54) is 18.2 Å². The topological polar surface area (TPSA) is 12.0 Å². The molecule has 112 valence electrons. The third-order valence-electron chi connectivity index (χ3n) is 3.20. The van der Waals surface area contributed by atoms with Gasteiger partial charge in [-0.3, -0.25) is 0 Å². The summed E-state index contributed by atoms with van der Waals surface area (Å²) < 4.78 is 50.6. The number of rotatable bonds is 4. The SMILES string of the molecule is Cc1ccc(NCCc2ccc(C(F)(F)F)cc2)cc1F. The summed E-state index contributed by atoms with van der Waals surface area (Å²) in [6, 6.07) is 9.91. The maximum absolute atomic E-state index is 13.3. The van der Waals surface area contributed by atoms with Gasteiger partial charge in [-0.25, -0.2) is 4.39 Å². The number of hydrogen-bond acceptors (Lipinski definition) is 1. The molecule has 0 radical (unpaired) electrons. The van der Waals surface area contributed by atoms with Gasteiger partial charge >= 0.3 is 6.18 Å². The lowest BCUT2D eigenvalue weighted by atomic mass is 10.1. The zero-order valence-electron chi connectivity index (χ0n) is 11.5. The van der Waals surface area contributed by atoms with Gasteiger partial charge in [0, 0.05) is 12.2 Å². The van der Waals surface area contributed by atoms with Crippen LogP contribution < -0.4 is 5.32 Å². The van der Waals surface area contributed by atoms with E-state index < -0.39 is 11.7 Å². The summed E-state index contributed by atoms with van der Waals surface area (Å²) in [5, 5.41) is 3.04. The molecule has 0 aliphatic rings. The average molecular weight is 297 g/mol. The van der Waals surface area contributed by atoms with Gasteiger partial charge in [0.2, 0.25) is 0 Å². The predicted molar refractivity (Wildman–Crippen MR) is 74.8 cm³/mol. The standard InChI is InChI=1S/C16H15F4N/c1-11-2-7-14(10-15(11)17)21-9-8-12-3-5-13(6-4-12)16(18,19)20/h2-7,10,21H,8-9H2,1H3. The van der Waals surface area contributed by atoms with E-state index in [4.69, 9.17) is 0 Å². The zero-order valence-corrected chi connectivity index (χ0v) is 11.5. The van der Waals surface area contributed by atoms with Gasteiger partial charge in [0.25, 0.3) is 0 Å². The summed E-state index contributed by atoms with van der Waals surface area (Å²) in [6.45, 7) is 2.20. The Hall–Kier alpha value is -2.04. The lowest BCUT2D eigenvalue weighted by molar-refractivity contribution is -0.137. The largest absolute Gasteiger partial charge is 0.416 e. The molecule has 0 atom stereocenters. The lowest BCUT2D eigenvalue weighted by Crippen LogP contribution is -2.07. The first-order valence-corrected chi connectivity index (χ1v) is 6.52. The Morgan fingerprint density at radius 1 is 1.00 bits per heavy atom. The van der Waals surface area contributed by atoms with Crippen LogP contribution in [-0.2, 0) is 12.6 Å². The first-order chi connectivity index (χ1) is 9.86. The van der Waals surface area contributed by atoms with Crippen LogP contribution in [0.5, 0.6) is 0 Å². The molecule has 0 saturated heterocycles. The summed E-state index contributed by atoms with van der Waals surface area (Å²) >= 11 is 0. The fourth-order valence-electron chi connectivity index (χ4n) is 1.91. The fraction of sp³-hybridized carbons (Fsp3) is 0.250. The predicted octanol–water partition coefficient (Wildman–Crippen LogP) is 4.81. The van der Waals surface area contributed by atoms with Gasteiger partial charge < -0.3 is 5.32 Å². The van der Waals surface area contributed by atoms with Gasteiger partial charge in [-0.2, -0.15) is 13.2 Å². The Kier molecular flexibility index (Phi) is 4.50. The normalized spacial score (nSPS) is 11.5. The maximum Gasteiger partial charge on any atom is 0.416 e. The van der Waals surface area contributed by atoms with Gasteiger partial charge in [-0.1, -0.05) is 18.2 Å². The van der Waals surface area contributed by atoms with Crippen LogP contribution in [0.25, 0.3) is 0 Å². The molecule has 1 N–H and O–H groups in total. The molecule has 0 heterocycles.